The first kappa shape index (κ1) is 16.6. The lowest BCUT2D eigenvalue weighted by atomic mass is 10.2. The summed E-state index contributed by atoms with van der Waals surface area (Å²) in [4.78, 5) is 12.1. The minimum atomic E-state index is -0.153. The monoisotopic (exact) mass is 382 g/mol. The Morgan fingerprint density at radius 3 is 2.77 bits per heavy atom. The van der Waals surface area contributed by atoms with Gasteiger partial charge in [-0.25, -0.2) is 0 Å². The molecular formula is C16H16BrClN2O2. The third-order valence-electron chi connectivity index (χ3n) is 3.15. The Hall–Kier alpha value is -1.72. The van der Waals surface area contributed by atoms with E-state index in [1.807, 2.05) is 31.2 Å². The van der Waals surface area contributed by atoms with Crippen LogP contribution in [0.1, 0.15) is 5.56 Å². The van der Waals surface area contributed by atoms with Crippen molar-refractivity contribution in [3.8, 4) is 5.75 Å². The van der Waals surface area contributed by atoms with E-state index in [9.17, 15) is 4.79 Å². The van der Waals surface area contributed by atoms with Gasteiger partial charge >= 0.3 is 0 Å². The Morgan fingerprint density at radius 2 is 2.05 bits per heavy atom. The Labute approximate surface area is 142 Å². The highest BCUT2D eigenvalue weighted by molar-refractivity contribution is 9.10. The van der Waals surface area contributed by atoms with Gasteiger partial charge in [0, 0.05) is 21.2 Å². The van der Waals surface area contributed by atoms with Crippen LogP contribution in [0.2, 0.25) is 5.02 Å². The molecule has 0 aliphatic rings. The Balaban J connectivity index is 2.00. The molecule has 116 valence electrons. The van der Waals surface area contributed by atoms with E-state index in [-0.39, 0.29) is 12.5 Å². The molecule has 0 heterocycles. The maximum absolute atomic E-state index is 12.1. The molecular weight excluding hydrogens is 368 g/mol. The van der Waals surface area contributed by atoms with Crippen molar-refractivity contribution in [3.05, 3.63) is 51.5 Å². The summed E-state index contributed by atoms with van der Waals surface area (Å²) >= 11 is 9.47. The van der Waals surface area contributed by atoms with E-state index in [0.717, 1.165) is 21.5 Å². The molecule has 0 saturated heterocycles. The van der Waals surface area contributed by atoms with E-state index < -0.39 is 0 Å². The van der Waals surface area contributed by atoms with Crippen molar-refractivity contribution in [3.63, 3.8) is 0 Å². The third kappa shape index (κ3) is 4.15. The van der Waals surface area contributed by atoms with Crippen LogP contribution in [0.15, 0.2) is 40.9 Å². The maximum Gasteiger partial charge on any atom is 0.243 e. The average Bonchev–Trinajstić information content (AvgIpc) is 2.51. The van der Waals surface area contributed by atoms with E-state index in [4.69, 9.17) is 16.3 Å². The number of amides is 1. The van der Waals surface area contributed by atoms with Crippen LogP contribution >= 0.6 is 27.5 Å². The minimum absolute atomic E-state index is 0.137. The van der Waals surface area contributed by atoms with Crippen LogP contribution in [0.3, 0.4) is 0 Å². The molecule has 0 aromatic heterocycles. The summed E-state index contributed by atoms with van der Waals surface area (Å²) in [5.41, 5.74) is 2.35. The zero-order chi connectivity index (χ0) is 16.1. The molecule has 4 nitrogen and oxygen atoms in total. The first-order chi connectivity index (χ1) is 10.5. The summed E-state index contributed by atoms with van der Waals surface area (Å²) in [6, 6.07) is 10.9. The lowest BCUT2D eigenvalue weighted by Crippen LogP contribution is -2.22. The molecule has 0 fully saturated rings. The molecule has 0 spiro atoms. The van der Waals surface area contributed by atoms with Crippen molar-refractivity contribution in [1.29, 1.82) is 0 Å². The topological polar surface area (TPSA) is 50.4 Å². The Kier molecular flexibility index (Phi) is 5.69. The second-order valence-electron chi connectivity index (χ2n) is 4.66. The van der Waals surface area contributed by atoms with Crippen LogP contribution in [-0.4, -0.2) is 19.6 Å². The number of benzene rings is 2. The summed E-state index contributed by atoms with van der Waals surface area (Å²) in [5, 5.41) is 6.53. The van der Waals surface area contributed by atoms with Gasteiger partial charge in [-0.2, -0.15) is 0 Å². The number of carbonyl (C=O) groups excluding carboxylic acids is 1. The summed E-state index contributed by atoms with van der Waals surface area (Å²) in [5.74, 6) is 0.567. The molecule has 0 atom stereocenters. The normalized spacial score (nSPS) is 10.2. The largest absolute Gasteiger partial charge is 0.497 e. The quantitative estimate of drug-likeness (QED) is 0.801. The van der Waals surface area contributed by atoms with Crippen LogP contribution in [-0.2, 0) is 4.79 Å². The number of ether oxygens (including phenoxy) is 1. The zero-order valence-electron chi connectivity index (χ0n) is 12.2. The SMILES string of the molecule is COc1ccc(Br)c(NCC(=O)Nc2cccc(Cl)c2C)c1. The molecule has 2 aromatic carbocycles. The van der Waals surface area contributed by atoms with Crippen molar-refractivity contribution in [1.82, 2.24) is 0 Å². The number of methoxy groups -OCH3 is 1. The van der Waals surface area contributed by atoms with Gasteiger partial charge in [-0.15, -0.1) is 0 Å². The maximum atomic E-state index is 12.1. The van der Waals surface area contributed by atoms with Gasteiger partial charge in [0.1, 0.15) is 5.75 Å². The van der Waals surface area contributed by atoms with Gasteiger partial charge in [-0.1, -0.05) is 17.7 Å². The Bertz CT molecular complexity index is 692. The highest BCUT2D eigenvalue weighted by Crippen LogP contribution is 2.27. The number of nitrogens with one attached hydrogen (secondary N) is 2. The molecule has 0 bridgehead atoms. The standard InChI is InChI=1S/C16H16BrClN2O2/c1-10-13(18)4-3-5-14(10)20-16(21)9-19-15-8-11(22-2)6-7-12(15)17/h3-8,19H,9H2,1-2H3,(H,20,21). The van der Waals surface area contributed by atoms with Gasteiger partial charge in [0.05, 0.1) is 19.3 Å². The third-order valence-corrected chi connectivity index (χ3v) is 4.26. The number of rotatable bonds is 5. The average molecular weight is 384 g/mol. The molecule has 2 N–H and O–H groups in total. The van der Waals surface area contributed by atoms with Crippen molar-refractivity contribution < 1.29 is 9.53 Å². The summed E-state index contributed by atoms with van der Waals surface area (Å²) in [7, 11) is 1.60. The second-order valence-corrected chi connectivity index (χ2v) is 5.92. The van der Waals surface area contributed by atoms with Gasteiger partial charge in [0.15, 0.2) is 0 Å². The number of carbonyl (C=O) groups is 1. The van der Waals surface area contributed by atoms with Gasteiger partial charge in [-0.05, 0) is 52.7 Å². The first-order valence-corrected chi connectivity index (χ1v) is 7.80. The fraction of sp³-hybridized carbons (Fsp3) is 0.188. The number of anilines is 2. The van der Waals surface area contributed by atoms with E-state index in [0.29, 0.717) is 10.7 Å². The van der Waals surface area contributed by atoms with E-state index in [1.54, 1.807) is 19.2 Å². The summed E-state index contributed by atoms with van der Waals surface area (Å²) < 4.78 is 6.03. The molecule has 0 saturated carbocycles. The number of hydrogen-bond donors (Lipinski definition) is 2. The van der Waals surface area contributed by atoms with E-state index >= 15 is 0 Å². The minimum Gasteiger partial charge on any atom is -0.497 e. The zero-order valence-corrected chi connectivity index (χ0v) is 14.6. The van der Waals surface area contributed by atoms with Crippen LogP contribution in [0.4, 0.5) is 11.4 Å². The molecule has 0 unspecified atom stereocenters. The molecule has 22 heavy (non-hydrogen) atoms. The molecule has 2 rings (SSSR count). The smallest absolute Gasteiger partial charge is 0.243 e. The molecule has 1 amide bonds. The summed E-state index contributed by atoms with van der Waals surface area (Å²) in [6.07, 6.45) is 0. The fourth-order valence-corrected chi connectivity index (χ4v) is 2.44. The Morgan fingerprint density at radius 1 is 1.27 bits per heavy atom. The van der Waals surface area contributed by atoms with Gasteiger partial charge in [0.25, 0.3) is 0 Å². The van der Waals surface area contributed by atoms with Crippen molar-refractivity contribution in [2.24, 2.45) is 0 Å². The van der Waals surface area contributed by atoms with Gasteiger partial charge < -0.3 is 15.4 Å². The lowest BCUT2D eigenvalue weighted by molar-refractivity contribution is -0.114. The van der Waals surface area contributed by atoms with Gasteiger partial charge in [-0.3, -0.25) is 4.79 Å². The van der Waals surface area contributed by atoms with Crippen LogP contribution in [0.25, 0.3) is 0 Å². The van der Waals surface area contributed by atoms with E-state index in [1.165, 1.54) is 0 Å². The van der Waals surface area contributed by atoms with E-state index in [2.05, 4.69) is 26.6 Å². The molecule has 0 aliphatic carbocycles. The molecule has 0 radical (unpaired) electrons. The van der Waals surface area contributed by atoms with Crippen molar-refractivity contribution >= 4 is 44.8 Å². The van der Waals surface area contributed by atoms with Gasteiger partial charge in [0.2, 0.25) is 5.91 Å². The fourth-order valence-electron chi connectivity index (χ4n) is 1.88. The van der Waals surface area contributed by atoms with Crippen molar-refractivity contribution in [2.75, 3.05) is 24.3 Å². The molecule has 2 aromatic rings. The van der Waals surface area contributed by atoms with Crippen LogP contribution in [0.5, 0.6) is 5.75 Å². The number of hydrogen-bond acceptors (Lipinski definition) is 3. The second kappa shape index (κ2) is 7.51. The molecule has 6 heteroatoms. The first-order valence-electron chi connectivity index (χ1n) is 6.63. The molecule has 0 aliphatic heterocycles. The predicted molar refractivity (Wildman–Crippen MR) is 94.0 cm³/mol. The number of halogens is 2. The highest BCUT2D eigenvalue weighted by Gasteiger charge is 2.08. The lowest BCUT2D eigenvalue weighted by Gasteiger charge is -2.12. The van der Waals surface area contributed by atoms with Crippen molar-refractivity contribution in [2.45, 2.75) is 6.92 Å². The predicted octanol–water partition coefficient (Wildman–Crippen LogP) is 4.47. The van der Waals surface area contributed by atoms with Crippen LogP contribution < -0.4 is 15.4 Å². The summed E-state index contributed by atoms with van der Waals surface area (Å²) in [6.45, 7) is 2.00. The van der Waals surface area contributed by atoms with Crippen LogP contribution in [0, 0.1) is 6.92 Å². The highest BCUT2D eigenvalue weighted by atomic mass is 79.9.